The second-order valence-electron chi connectivity index (χ2n) is 5.72. The SMILES string of the molecule is Nc1cnn(CC(O)CN2CCc3ccccc3CC2)c1. The Morgan fingerprint density at radius 1 is 1.14 bits per heavy atom. The van der Waals surface area contributed by atoms with Gasteiger partial charge >= 0.3 is 0 Å². The number of aliphatic hydroxyl groups is 1. The van der Waals surface area contributed by atoms with Crippen LogP contribution in [0.1, 0.15) is 11.1 Å². The van der Waals surface area contributed by atoms with Crippen LogP contribution in [0.15, 0.2) is 36.7 Å². The van der Waals surface area contributed by atoms with E-state index in [2.05, 4.69) is 34.3 Å². The lowest BCUT2D eigenvalue weighted by molar-refractivity contribution is 0.0969. The fraction of sp³-hybridized carbons (Fsp3) is 0.438. The van der Waals surface area contributed by atoms with Gasteiger partial charge in [-0.1, -0.05) is 24.3 Å². The molecule has 0 saturated carbocycles. The molecule has 21 heavy (non-hydrogen) atoms. The number of aromatic nitrogens is 2. The minimum absolute atomic E-state index is 0.425. The molecule has 0 aliphatic carbocycles. The number of benzene rings is 1. The summed E-state index contributed by atoms with van der Waals surface area (Å²) < 4.78 is 1.70. The number of fused-ring (bicyclic) bond motifs is 1. The number of nitrogen functional groups attached to an aromatic ring is 1. The number of rotatable bonds is 4. The van der Waals surface area contributed by atoms with Crippen LogP contribution in [0.5, 0.6) is 0 Å². The number of anilines is 1. The molecule has 1 unspecified atom stereocenters. The van der Waals surface area contributed by atoms with Gasteiger partial charge in [0.2, 0.25) is 0 Å². The number of hydrogen-bond acceptors (Lipinski definition) is 4. The summed E-state index contributed by atoms with van der Waals surface area (Å²) in [4.78, 5) is 2.33. The lowest BCUT2D eigenvalue weighted by Crippen LogP contribution is -2.36. The Balaban J connectivity index is 1.54. The smallest absolute Gasteiger partial charge is 0.0862 e. The molecule has 2 heterocycles. The van der Waals surface area contributed by atoms with E-state index in [0.29, 0.717) is 18.8 Å². The largest absolute Gasteiger partial charge is 0.396 e. The maximum absolute atomic E-state index is 10.2. The number of nitrogens with zero attached hydrogens (tertiary/aromatic N) is 3. The Kier molecular flexibility index (Phi) is 4.22. The normalized spacial score (nSPS) is 17.2. The lowest BCUT2D eigenvalue weighted by Gasteiger charge is -2.23. The first-order valence-electron chi connectivity index (χ1n) is 7.46. The first-order valence-corrected chi connectivity index (χ1v) is 7.46. The van der Waals surface area contributed by atoms with Crippen molar-refractivity contribution in [3.8, 4) is 0 Å². The number of nitrogens with two attached hydrogens (primary N) is 1. The van der Waals surface area contributed by atoms with Crippen LogP contribution in [-0.2, 0) is 19.4 Å². The third-order valence-electron chi connectivity index (χ3n) is 4.03. The van der Waals surface area contributed by atoms with Gasteiger partial charge < -0.3 is 15.7 Å². The quantitative estimate of drug-likeness (QED) is 0.877. The van der Waals surface area contributed by atoms with Crippen LogP contribution in [0, 0.1) is 0 Å². The minimum atomic E-state index is -0.425. The topological polar surface area (TPSA) is 67.3 Å². The summed E-state index contributed by atoms with van der Waals surface area (Å²) >= 11 is 0. The van der Waals surface area contributed by atoms with Crippen molar-refractivity contribution in [2.24, 2.45) is 0 Å². The van der Waals surface area contributed by atoms with E-state index >= 15 is 0 Å². The summed E-state index contributed by atoms with van der Waals surface area (Å²) in [5.41, 5.74) is 9.14. The van der Waals surface area contributed by atoms with Gasteiger partial charge in [0.1, 0.15) is 0 Å². The minimum Gasteiger partial charge on any atom is -0.396 e. The van der Waals surface area contributed by atoms with E-state index in [1.54, 1.807) is 17.1 Å². The maximum Gasteiger partial charge on any atom is 0.0862 e. The molecule has 5 nitrogen and oxygen atoms in total. The van der Waals surface area contributed by atoms with E-state index in [0.717, 1.165) is 25.9 Å². The predicted octanol–water partition coefficient (Wildman–Crippen LogP) is 0.927. The highest BCUT2D eigenvalue weighted by Crippen LogP contribution is 2.15. The number of hydrogen-bond donors (Lipinski definition) is 2. The molecule has 0 spiro atoms. The van der Waals surface area contributed by atoms with Crippen LogP contribution in [-0.4, -0.2) is 45.5 Å². The van der Waals surface area contributed by atoms with E-state index in [-0.39, 0.29) is 0 Å². The van der Waals surface area contributed by atoms with Crippen molar-refractivity contribution in [3.05, 3.63) is 47.8 Å². The summed E-state index contributed by atoms with van der Waals surface area (Å²) in [5.74, 6) is 0. The zero-order valence-corrected chi connectivity index (χ0v) is 12.2. The first-order chi connectivity index (χ1) is 10.2. The predicted molar refractivity (Wildman–Crippen MR) is 82.9 cm³/mol. The standard InChI is InChI=1S/C16H22N4O/c17-15-9-18-20(10-15)12-16(21)11-19-7-5-13-3-1-2-4-14(13)6-8-19/h1-4,9-10,16,21H,5-8,11-12,17H2. The summed E-state index contributed by atoms with van der Waals surface area (Å²) in [6.07, 6.45) is 5.04. The van der Waals surface area contributed by atoms with Gasteiger partial charge in [-0.05, 0) is 24.0 Å². The van der Waals surface area contributed by atoms with E-state index in [9.17, 15) is 5.11 Å². The maximum atomic E-state index is 10.2. The highest BCUT2D eigenvalue weighted by molar-refractivity contribution is 5.30. The molecule has 1 aliphatic rings. The number of β-amino-alcohol motifs (C(OH)–C–C–N with tert-alkyl or cyclic N) is 1. The summed E-state index contributed by atoms with van der Waals surface area (Å²) in [6.45, 7) is 3.15. The zero-order chi connectivity index (χ0) is 14.7. The highest BCUT2D eigenvalue weighted by Gasteiger charge is 2.16. The van der Waals surface area contributed by atoms with Crippen LogP contribution in [0.4, 0.5) is 5.69 Å². The Morgan fingerprint density at radius 2 is 1.81 bits per heavy atom. The van der Waals surface area contributed by atoms with Gasteiger partial charge in [-0.15, -0.1) is 0 Å². The van der Waals surface area contributed by atoms with Crippen molar-refractivity contribution in [1.29, 1.82) is 0 Å². The first kappa shape index (κ1) is 14.1. The van der Waals surface area contributed by atoms with Gasteiger partial charge in [-0.25, -0.2) is 0 Å². The fourth-order valence-electron chi connectivity index (χ4n) is 2.95. The van der Waals surface area contributed by atoms with Crippen molar-refractivity contribution in [1.82, 2.24) is 14.7 Å². The molecule has 5 heteroatoms. The highest BCUT2D eigenvalue weighted by atomic mass is 16.3. The van der Waals surface area contributed by atoms with Crippen molar-refractivity contribution >= 4 is 5.69 Å². The third kappa shape index (κ3) is 3.62. The molecule has 2 aromatic rings. The van der Waals surface area contributed by atoms with Crippen molar-refractivity contribution in [2.45, 2.75) is 25.5 Å². The summed E-state index contributed by atoms with van der Waals surface area (Å²) in [6, 6.07) is 8.63. The molecule has 0 fully saturated rings. The Hall–Kier alpha value is -1.85. The van der Waals surface area contributed by atoms with Crippen molar-refractivity contribution in [3.63, 3.8) is 0 Å². The molecule has 1 aromatic heterocycles. The molecule has 1 aliphatic heterocycles. The van der Waals surface area contributed by atoms with Crippen LogP contribution in [0.2, 0.25) is 0 Å². The monoisotopic (exact) mass is 286 g/mol. The van der Waals surface area contributed by atoms with E-state index in [4.69, 9.17) is 5.73 Å². The van der Waals surface area contributed by atoms with Crippen molar-refractivity contribution < 1.29 is 5.11 Å². The Bertz CT molecular complexity index is 568. The van der Waals surface area contributed by atoms with Gasteiger partial charge in [0, 0.05) is 25.8 Å². The van der Waals surface area contributed by atoms with Gasteiger partial charge in [0.15, 0.2) is 0 Å². The van der Waals surface area contributed by atoms with Gasteiger partial charge in [0.05, 0.1) is 24.5 Å². The van der Waals surface area contributed by atoms with Crippen LogP contribution in [0.3, 0.4) is 0 Å². The van der Waals surface area contributed by atoms with Crippen LogP contribution < -0.4 is 5.73 Å². The lowest BCUT2D eigenvalue weighted by atomic mass is 10.0. The molecule has 1 atom stereocenters. The summed E-state index contributed by atoms with van der Waals surface area (Å²) in [7, 11) is 0. The van der Waals surface area contributed by atoms with E-state index in [1.165, 1.54) is 11.1 Å². The fourth-order valence-corrected chi connectivity index (χ4v) is 2.95. The molecule has 0 radical (unpaired) electrons. The van der Waals surface area contributed by atoms with Crippen molar-refractivity contribution in [2.75, 3.05) is 25.4 Å². The van der Waals surface area contributed by atoms with E-state index < -0.39 is 6.10 Å². The molecule has 0 bridgehead atoms. The Morgan fingerprint density at radius 3 is 2.38 bits per heavy atom. The molecule has 0 saturated heterocycles. The summed E-state index contributed by atoms with van der Waals surface area (Å²) in [5, 5.41) is 14.3. The molecule has 112 valence electrons. The molecule has 3 N–H and O–H groups in total. The third-order valence-corrected chi connectivity index (χ3v) is 4.03. The average Bonchev–Trinajstić information content (AvgIpc) is 2.76. The number of aliphatic hydroxyl groups excluding tert-OH is 1. The van der Waals surface area contributed by atoms with Crippen LogP contribution >= 0.6 is 0 Å². The van der Waals surface area contributed by atoms with Gasteiger partial charge in [-0.2, -0.15) is 5.10 Å². The Labute approximate surface area is 125 Å². The van der Waals surface area contributed by atoms with Gasteiger partial charge in [0.25, 0.3) is 0 Å². The molecule has 1 aromatic carbocycles. The zero-order valence-electron chi connectivity index (χ0n) is 12.2. The molecular weight excluding hydrogens is 264 g/mol. The molecule has 3 rings (SSSR count). The van der Waals surface area contributed by atoms with Gasteiger partial charge in [-0.3, -0.25) is 4.68 Å². The van der Waals surface area contributed by atoms with Crippen LogP contribution in [0.25, 0.3) is 0 Å². The average molecular weight is 286 g/mol. The second-order valence-corrected chi connectivity index (χ2v) is 5.72. The molecular formula is C16H22N4O. The second kappa shape index (κ2) is 6.28. The molecule has 0 amide bonds. The van der Waals surface area contributed by atoms with E-state index in [1.807, 2.05) is 0 Å².